The van der Waals surface area contributed by atoms with Gasteiger partial charge < -0.3 is 15.5 Å². The highest BCUT2D eigenvalue weighted by atomic mass is 15.3. The molecule has 0 aromatic carbocycles. The number of guanidine groups is 1. The summed E-state index contributed by atoms with van der Waals surface area (Å²) in [4.78, 5) is 13.1. The van der Waals surface area contributed by atoms with Crippen molar-refractivity contribution in [1.29, 1.82) is 0 Å². The highest BCUT2D eigenvalue weighted by molar-refractivity contribution is 5.78. The Morgan fingerprint density at radius 3 is 2.80 bits per heavy atom. The molecule has 20 heavy (non-hydrogen) atoms. The number of hydrogen-bond donors (Lipinski definition) is 1. The van der Waals surface area contributed by atoms with E-state index in [1.165, 1.54) is 12.8 Å². The fraction of sp³-hybridized carbons (Fsp3) is 0.600. The number of nitrogens with two attached hydrogens (primary N) is 1. The number of nitrogens with zero attached hydrogens (tertiary/aromatic N) is 4. The summed E-state index contributed by atoms with van der Waals surface area (Å²) in [6.07, 6.45) is 4.20. The zero-order chi connectivity index (χ0) is 14.5. The molecule has 0 atom stereocenters. The number of rotatable bonds is 3. The van der Waals surface area contributed by atoms with E-state index in [0.29, 0.717) is 12.5 Å². The van der Waals surface area contributed by atoms with Crippen molar-refractivity contribution in [2.75, 3.05) is 32.1 Å². The van der Waals surface area contributed by atoms with Crippen LogP contribution in [0.2, 0.25) is 0 Å². The van der Waals surface area contributed by atoms with Crippen molar-refractivity contribution in [2.45, 2.75) is 26.3 Å². The second kappa shape index (κ2) is 6.59. The first-order valence-electron chi connectivity index (χ1n) is 7.24. The molecule has 0 saturated carbocycles. The predicted octanol–water partition coefficient (Wildman–Crippen LogP) is 1.69. The molecule has 1 saturated heterocycles. The fourth-order valence-corrected chi connectivity index (χ4v) is 2.46. The van der Waals surface area contributed by atoms with Gasteiger partial charge in [0.15, 0.2) is 5.96 Å². The molecule has 0 aliphatic carbocycles. The Labute approximate surface area is 121 Å². The van der Waals surface area contributed by atoms with E-state index in [4.69, 9.17) is 5.73 Å². The van der Waals surface area contributed by atoms with E-state index in [1.807, 2.05) is 25.1 Å². The highest BCUT2D eigenvalue weighted by Crippen LogP contribution is 2.17. The molecule has 5 nitrogen and oxygen atoms in total. The molecule has 1 fully saturated rings. The second-order valence-corrected chi connectivity index (χ2v) is 5.72. The normalized spacial score (nSPS) is 17.4. The third kappa shape index (κ3) is 3.62. The largest absolute Gasteiger partial charge is 0.370 e. The van der Waals surface area contributed by atoms with Crippen molar-refractivity contribution in [3.63, 3.8) is 0 Å². The van der Waals surface area contributed by atoms with Crippen molar-refractivity contribution in [3.05, 3.63) is 23.9 Å². The number of pyridine rings is 1. The van der Waals surface area contributed by atoms with E-state index in [0.717, 1.165) is 30.4 Å². The van der Waals surface area contributed by atoms with Gasteiger partial charge in [0.2, 0.25) is 0 Å². The molecule has 5 heteroatoms. The van der Waals surface area contributed by atoms with Gasteiger partial charge in [0.1, 0.15) is 5.82 Å². The Morgan fingerprint density at radius 2 is 2.15 bits per heavy atom. The monoisotopic (exact) mass is 275 g/mol. The Morgan fingerprint density at radius 1 is 1.45 bits per heavy atom. The van der Waals surface area contributed by atoms with Crippen LogP contribution < -0.4 is 10.6 Å². The molecule has 2 heterocycles. The minimum absolute atomic E-state index is 0.583. The van der Waals surface area contributed by atoms with E-state index in [1.54, 1.807) is 6.20 Å². The lowest BCUT2D eigenvalue weighted by Crippen LogP contribution is -2.42. The third-order valence-electron chi connectivity index (χ3n) is 3.81. The molecule has 0 radical (unpaired) electrons. The zero-order valence-electron chi connectivity index (χ0n) is 12.7. The lowest BCUT2D eigenvalue weighted by atomic mass is 10.00. The van der Waals surface area contributed by atoms with E-state index in [2.05, 4.69) is 27.9 Å². The van der Waals surface area contributed by atoms with E-state index in [9.17, 15) is 0 Å². The quantitative estimate of drug-likeness (QED) is 0.674. The summed E-state index contributed by atoms with van der Waals surface area (Å²) >= 11 is 0. The molecular weight excluding hydrogens is 250 g/mol. The summed E-state index contributed by atoms with van der Waals surface area (Å²) in [5.74, 6) is 2.42. The number of piperidine rings is 1. The smallest absolute Gasteiger partial charge is 0.191 e. The Balaban J connectivity index is 2.01. The van der Waals surface area contributed by atoms with Crippen LogP contribution in [0.1, 0.15) is 25.3 Å². The molecule has 1 aliphatic rings. The van der Waals surface area contributed by atoms with Gasteiger partial charge in [-0.05, 0) is 24.8 Å². The second-order valence-electron chi connectivity index (χ2n) is 5.72. The van der Waals surface area contributed by atoms with Crippen molar-refractivity contribution in [2.24, 2.45) is 16.6 Å². The molecule has 2 rings (SSSR count). The Hall–Kier alpha value is -1.78. The third-order valence-corrected chi connectivity index (χ3v) is 3.81. The summed E-state index contributed by atoms with van der Waals surface area (Å²) in [6.45, 7) is 4.91. The van der Waals surface area contributed by atoms with Gasteiger partial charge in [-0.2, -0.15) is 0 Å². The number of aliphatic imine (C=N–C) groups is 1. The van der Waals surface area contributed by atoms with Gasteiger partial charge >= 0.3 is 0 Å². The lowest BCUT2D eigenvalue weighted by molar-refractivity contribution is 0.277. The first-order chi connectivity index (χ1) is 9.58. The standard InChI is InChI=1S/C15H25N5/c1-12-6-9-20(10-7-12)15(16)18-11-13-5-4-8-17-14(13)19(2)3/h4-5,8,12H,6-7,9-11H2,1-3H3,(H2,16,18). The zero-order valence-corrected chi connectivity index (χ0v) is 12.7. The van der Waals surface area contributed by atoms with Gasteiger partial charge in [0, 0.05) is 38.9 Å². The molecule has 1 aromatic rings. The molecule has 0 amide bonds. The summed E-state index contributed by atoms with van der Waals surface area (Å²) in [7, 11) is 3.98. The topological polar surface area (TPSA) is 57.8 Å². The van der Waals surface area contributed by atoms with Crippen LogP contribution in [0, 0.1) is 5.92 Å². The molecule has 0 bridgehead atoms. The summed E-state index contributed by atoms with van der Waals surface area (Å²) < 4.78 is 0. The number of aromatic nitrogens is 1. The van der Waals surface area contributed by atoms with Crippen LogP contribution in [0.25, 0.3) is 0 Å². The van der Waals surface area contributed by atoms with Crippen molar-refractivity contribution < 1.29 is 0 Å². The summed E-state index contributed by atoms with van der Waals surface area (Å²) in [5.41, 5.74) is 7.21. The van der Waals surface area contributed by atoms with Gasteiger partial charge in [0.25, 0.3) is 0 Å². The van der Waals surface area contributed by atoms with Crippen LogP contribution in [0.15, 0.2) is 23.3 Å². The van der Waals surface area contributed by atoms with Gasteiger partial charge in [0.05, 0.1) is 6.54 Å². The molecule has 0 spiro atoms. The average Bonchev–Trinajstić information content (AvgIpc) is 2.45. The van der Waals surface area contributed by atoms with Crippen molar-refractivity contribution in [1.82, 2.24) is 9.88 Å². The van der Waals surface area contributed by atoms with Crippen LogP contribution in [0.5, 0.6) is 0 Å². The highest BCUT2D eigenvalue weighted by Gasteiger charge is 2.17. The maximum absolute atomic E-state index is 6.11. The Kier molecular flexibility index (Phi) is 4.82. The van der Waals surface area contributed by atoms with Crippen molar-refractivity contribution in [3.8, 4) is 0 Å². The molecule has 110 valence electrons. The first kappa shape index (κ1) is 14.6. The first-order valence-corrected chi connectivity index (χ1v) is 7.24. The van der Waals surface area contributed by atoms with Crippen LogP contribution >= 0.6 is 0 Å². The SMILES string of the molecule is CC1CCN(C(N)=NCc2cccnc2N(C)C)CC1. The molecule has 2 N–H and O–H groups in total. The minimum Gasteiger partial charge on any atom is -0.370 e. The summed E-state index contributed by atoms with van der Waals surface area (Å²) in [5, 5.41) is 0. The number of likely N-dealkylation sites (tertiary alicyclic amines) is 1. The van der Waals surface area contributed by atoms with Crippen LogP contribution in [-0.4, -0.2) is 43.0 Å². The molecule has 1 aliphatic heterocycles. The minimum atomic E-state index is 0.583. The van der Waals surface area contributed by atoms with E-state index >= 15 is 0 Å². The van der Waals surface area contributed by atoms with Crippen molar-refractivity contribution >= 4 is 11.8 Å². The van der Waals surface area contributed by atoms with Crippen LogP contribution in [0.4, 0.5) is 5.82 Å². The maximum Gasteiger partial charge on any atom is 0.191 e. The van der Waals surface area contributed by atoms with Gasteiger partial charge in [-0.15, -0.1) is 0 Å². The maximum atomic E-state index is 6.11. The predicted molar refractivity (Wildman–Crippen MR) is 83.9 cm³/mol. The van der Waals surface area contributed by atoms with Crippen LogP contribution in [-0.2, 0) is 6.54 Å². The fourth-order valence-electron chi connectivity index (χ4n) is 2.46. The number of hydrogen-bond acceptors (Lipinski definition) is 3. The molecule has 0 unspecified atom stereocenters. The summed E-state index contributed by atoms with van der Waals surface area (Å²) in [6, 6.07) is 3.99. The van der Waals surface area contributed by atoms with Gasteiger partial charge in [-0.25, -0.2) is 9.98 Å². The van der Waals surface area contributed by atoms with Gasteiger partial charge in [-0.3, -0.25) is 0 Å². The average molecular weight is 275 g/mol. The van der Waals surface area contributed by atoms with E-state index < -0.39 is 0 Å². The van der Waals surface area contributed by atoms with Crippen LogP contribution in [0.3, 0.4) is 0 Å². The Bertz CT molecular complexity index is 461. The lowest BCUT2D eigenvalue weighted by Gasteiger charge is -2.31. The molecular formula is C15H25N5. The molecule has 1 aromatic heterocycles. The number of anilines is 1. The van der Waals surface area contributed by atoms with E-state index in [-0.39, 0.29) is 0 Å². The van der Waals surface area contributed by atoms with Gasteiger partial charge in [-0.1, -0.05) is 13.0 Å².